The molecule has 0 bridgehead atoms. The predicted octanol–water partition coefficient (Wildman–Crippen LogP) is -1.50. The van der Waals surface area contributed by atoms with Crippen LogP contribution in [0.3, 0.4) is 0 Å². The fraction of sp³-hybridized carbons (Fsp3) is 0.636. The number of aliphatic hydroxyl groups is 2. The Morgan fingerprint density at radius 3 is 2.95 bits per heavy atom. The molecule has 1 fully saturated rings. The molecular weight excluding hydrogens is 266 g/mol. The average molecular weight is 283 g/mol. The van der Waals surface area contributed by atoms with Gasteiger partial charge in [-0.1, -0.05) is 0 Å². The van der Waals surface area contributed by atoms with E-state index in [1.165, 1.54) is 17.2 Å². The van der Waals surface area contributed by atoms with Crippen LogP contribution >= 0.6 is 0 Å². The summed E-state index contributed by atoms with van der Waals surface area (Å²) < 4.78 is 6.54. The molecule has 1 aliphatic rings. The van der Waals surface area contributed by atoms with Crippen LogP contribution in [-0.4, -0.2) is 68.9 Å². The van der Waals surface area contributed by atoms with E-state index in [4.69, 9.17) is 9.84 Å². The molecule has 110 valence electrons. The van der Waals surface area contributed by atoms with Gasteiger partial charge in [0.25, 0.3) is 5.95 Å². The molecular formula is C11H17N5O4. The second kappa shape index (κ2) is 6.07. The summed E-state index contributed by atoms with van der Waals surface area (Å²) in [7, 11) is 3.57. The maximum absolute atomic E-state index is 11.9. The van der Waals surface area contributed by atoms with Crippen LogP contribution in [0, 0.1) is 0 Å². The highest BCUT2D eigenvalue weighted by molar-refractivity contribution is 5.57. The Kier molecular flexibility index (Phi) is 4.42. The molecule has 2 rings (SSSR count). The number of aliphatic imine (C=N–C) groups is 1. The molecule has 0 spiro atoms. The van der Waals surface area contributed by atoms with Crippen molar-refractivity contribution in [3.8, 4) is 0 Å². The second-order valence-corrected chi connectivity index (χ2v) is 4.67. The molecule has 0 aliphatic carbocycles. The molecule has 0 radical (unpaired) electrons. The topological polar surface area (TPSA) is 113 Å². The van der Waals surface area contributed by atoms with Gasteiger partial charge in [0.2, 0.25) is 0 Å². The van der Waals surface area contributed by atoms with Gasteiger partial charge in [-0.15, -0.1) is 0 Å². The van der Waals surface area contributed by atoms with E-state index in [2.05, 4.69) is 15.0 Å². The van der Waals surface area contributed by atoms with Crippen molar-refractivity contribution < 1.29 is 14.9 Å². The van der Waals surface area contributed by atoms with E-state index in [9.17, 15) is 9.90 Å². The van der Waals surface area contributed by atoms with E-state index in [-0.39, 0.29) is 19.0 Å². The van der Waals surface area contributed by atoms with Crippen molar-refractivity contribution in [1.29, 1.82) is 0 Å². The van der Waals surface area contributed by atoms with Crippen molar-refractivity contribution in [3.63, 3.8) is 0 Å². The van der Waals surface area contributed by atoms with E-state index in [1.807, 2.05) is 0 Å². The van der Waals surface area contributed by atoms with Crippen LogP contribution < -0.4 is 5.69 Å². The fourth-order valence-electron chi connectivity index (χ4n) is 1.81. The van der Waals surface area contributed by atoms with Crippen LogP contribution in [0.4, 0.5) is 5.95 Å². The predicted molar refractivity (Wildman–Crippen MR) is 69.8 cm³/mol. The first kappa shape index (κ1) is 14.6. The Bertz CT molecular complexity index is 544. The second-order valence-electron chi connectivity index (χ2n) is 4.67. The van der Waals surface area contributed by atoms with Crippen molar-refractivity contribution in [2.45, 2.75) is 24.9 Å². The first-order valence-electron chi connectivity index (χ1n) is 6.11. The number of hydrogen-bond acceptors (Lipinski definition) is 7. The van der Waals surface area contributed by atoms with Crippen LogP contribution in [0.1, 0.15) is 12.6 Å². The molecule has 0 unspecified atom stereocenters. The zero-order chi connectivity index (χ0) is 14.7. The standard InChI is InChI=1S/C11H17N5O4/c1-15(2)5-12-10-13-6-16(11(19)14-10)9-3-7(18)8(4-17)20-9/h5-9,17-18H,3-4H2,1-2H3/b12-5+/t7-,8+,9+/m0/s1. The molecule has 0 aromatic carbocycles. The molecule has 9 nitrogen and oxygen atoms in total. The Hall–Kier alpha value is -1.84. The van der Waals surface area contributed by atoms with Gasteiger partial charge in [0.15, 0.2) is 0 Å². The quantitative estimate of drug-likeness (QED) is 0.510. The SMILES string of the molecule is CN(C)/C=N/c1ncn([C@H]2C[C@H](O)[C@@H](CO)O2)c(=O)n1. The molecule has 1 saturated heterocycles. The smallest absolute Gasteiger partial charge is 0.354 e. The average Bonchev–Trinajstić information content (AvgIpc) is 2.77. The zero-order valence-electron chi connectivity index (χ0n) is 11.2. The Morgan fingerprint density at radius 2 is 2.40 bits per heavy atom. The first-order valence-corrected chi connectivity index (χ1v) is 6.11. The highest BCUT2D eigenvalue weighted by Gasteiger charge is 2.35. The van der Waals surface area contributed by atoms with Gasteiger partial charge >= 0.3 is 5.69 Å². The maximum Gasteiger partial charge on any atom is 0.354 e. The Balaban J connectivity index is 2.17. The molecule has 9 heteroatoms. The van der Waals surface area contributed by atoms with Crippen molar-refractivity contribution in [3.05, 3.63) is 16.8 Å². The lowest BCUT2D eigenvalue weighted by Crippen LogP contribution is -2.28. The van der Waals surface area contributed by atoms with E-state index in [0.29, 0.717) is 0 Å². The maximum atomic E-state index is 11.9. The van der Waals surface area contributed by atoms with E-state index in [1.54, 1.807) is 19.0 Å². The molecule has 1 aliphatic heterocycles. The van der Waals surface area contributed by atoms with Crippen LogP contribution in [0.2, 0.25) is 0 Å². The van der Waals surface area contributed by atoms with Gasteiger partial charge in [0, 0.05) is 20.5 Å². The van der Waals surface area contributed by atoms with Crippen LogP contribution in [0.25, 0.3) is 0 Å². The van der Waals surface area contributed by atoms with Gasteiger partial charge in [-0.3, -0.25) is 4.57 Å². The number of aromatic nitrogens is 3. The molecule has 0 amide bonds. The number of hydrogen-bond donors (Lipinski definition) is 2. The minimum absolute atomic E-state index is 0.0530. The molecule has 2 N–H and O–H groups in total. The highest BCUT2D eigenvalue weighted by Crippen LogP contribution is 2.27. The van der Waals surface area contributed by atoms with Crippen LogP contribution in [0.5, 0.6) is 0 Å². The van der Waals surface area contributed by atoms with Crippen molar-refractivity contribution in [2.24, 2.45) is 4.99 Å². The summed E-state index contributed by atoms with van der Waals surface area (Å²) in [6.07, 6.45) is 0.767. The summed E-state index contributed by atoms with van der Waals surface area (Å²) in [6, 6.07) is 0. The molecule has 3 atom stereocenters. The number of rotatable bonds is 4. The monoisotopic (exact) mass is 283 g/mol. The molecule has 1 aromatic heterocycles. The fourth-order valence-corrected chi connectivity index (χ4v) is 1.81. The molecule has 0 saturated carbocycles. The van der Waals surface area contributed by atoms with Gasteiger partial charge in [-0.2, -0.15) is 4.98 Å². The van der Waals surface area contributed by atoms with Crippen LogP contribution in [0.15, 0.2) is 16.1 Å². The summed E-state index contributed by atoms with van der Waals surface area (Å²) in [5.41, 5.74) is -0.568. The van der Waals surface area contributed by atoms with Crippen molar-refractivity contribution in [2.75, 3.05) is 20.7 Å². The van der Waals surface area contributed by atoms with E-state index >= 15 is 0 Å². The summed E-state index contributed by atoms with van der Waals surface area (Å²) in [5, 5.41) is 18.7. The largest absolute Gasteiger partial charge is 0.394 e. The molecule has 1 aromatic rings. The summed E-state index contributed by atoms with van der Waals surface area (Å²) in [6.45, 7) is -0.307. The normalized spacial score (nSPS) is 26.3. The highest BCUT2D eigenvalue weighted by atomic mass is 16.5. The van der Waals surface area contributed by atoms with Gasteiger partial charge in [0.05, 0.1) is 19.0 Å². The summed E-state index contributed by atoms with van der Waals surface area (Å²) in [4.78, 5) is 25.1. The Morgan fingerprint density at radius 1 is 1.65 bits per heavy atom. The number of aliphatic hydroxyl groups excluding tert-OH is 2. The van der Waals surface area contributed by atoms with Crippen molar-refractivity contribution in [1.82, 2.24) is 19.4 Å². The third-order valence-corrected chi connectivity index (χ3v) is 2.81. The van der Waals surface area contributed by atoms with Crippen LogP contribution in [-0.2, 0) is 4.74 Å². The minimum atomic E-state index is -0.816. The molecule has 2 heterocycles. The minimum Gasteiger partial charge on any atom is -0.394 e. The lowest BCUT2D eigenvalue weighted by atomic mass is 10.2. The van der Waals surface area contributed by atoms with Crippen molar-refractivity contribution >= 4 is 12.3 Å². The van der Waals surface area contributed by atoms with Gasteiger partial charge in [-0.05, 0) is 0 Å². The number of ether oxygens (including phenoxy) is 1. The summed E-state index contributed by atoms with van der Waals surface area (Å²) >= 11 is 0. The molecule has 20 heavy (non-hydrogen) atoms. The van der Waals surface area contributed by atoms with E-state index < -0.39 is 24.1 Å². The summed E-state index contributed by atoms with van der Waals surface area (Å²) in [5.74, 6) is 0.0530. The zero-order valence-corrected chi connectivity index (χ0v) is 11.2. The van der Waals surface area contributed by atoms with E-state index in [0.717, 1.165) is 0 Å². The Labute approximate surface area is 115 Å². The van der Waals surface area contributed by atoms with Gasteiger partial charge in [0.1, 0.15) is 18.7 Å². The van der Waals surface area contributed by atoms with Gasteiger partial charge < -0.3 is 19.8 Å². The number of nitrogens with zero attached hydrogens (tertiary/aromatic N) is 5. The van der Waals surface area contributed by atoms with Gasteiger partial charge in [-0.25, -0.2) is 14.8 Å². The lowest BCUT2D eigenvalue weighted by molar-refractivity contribution is -0.0462. The third kappa shape index (κ3) is 3.18. The third-order valence-electron chi connectivity index (χ3n) is 2.81. The lowest BCUT2D eigenvalue weighted by Gasteiger charge is -2.13. The first-order chi connectivity index (χ1) is 9.51.